The van der Waals surface area contributed by atoms with Crippen LogP contribution in [0.3, 0.4) is 0 Å². The highest BCUT2D eigenvalue weighted by molar-refractivity contribution is 6.23. The molecule has 0 aliphatic rings. The second-order valence-corrected chi connectivity index (χ2v) is 8.76. The largest absolute Gasteiger partial charge is 0.308 e. The van der Waals surface area contributed by atoms with Crippen LogP contribution in [-0.2, 0) is 0 Å². The van der Waals surface area contributed by atoms with E-state index in [0.29, 0.717) is 0 Å². The lowest BCUT2D eigenvalue weighted by Crippen LogP contribution is -1.97. The van der Waals surface area contributed by atoms with Gasteiger partial charge in [0.25, 0.3) is 0 Å². The molecule has 0 fully saturated rings. The van der Waals surface area contributed by atoms with Crippen molar-refractivity contribution in [2.45, 2.75) is 0 Å². The summed E-state index contributed by atoms with van der Waals surface area (Å²) >= 11 is 0. The zero-order chi connectivity index (χ0) is 22.2. The third-order valence-corrected chi connectivity index (χ3v) is 6.94. The molecule has 0 spiro atoms. The maximum absolute atomic E-state index is 5.06. The van der Waals surface area contributed by atoms with E-state index in [1.807, 2.05) is 24.5 Å². The first-order valence-corrected chi connectivity index (χ1v) is 11.4. The fourth-order valence-corrected chi connectivity index (χ4v) is 5.50. The molecule has 0 bridgehead atoms. The number of hydrogen-bond acceptors (Lipinski definition) is 2. The Morgan fingerprint density at radius 3 is 2.15 bits per heavy atom. The van der Waals surface area contributed by atoms with Crippen molar-refractivity contribution in [2.75, 3.05) is 0 Å². The van der Waals surface area contributed by atoms with E-state index >= 15 is 0 Å². The zero-order valence-electron chi connectivity index (χ0n) is 18.2. The summed E-state index contributed by atoms with van der Waals surface area (Å²) in [6, 6.07) is 34.0. The van der Waals surface area contributed by atoms with E-state index in [1.54, 1.807) is 0 Å². The van der Waals surface area contributed by atoms with Gasteiger partial charge in [0.15, 0.2) is 0 Å². The number of pyridine rings is 1. The lowest BCUT2D eigenvalue weighted by molar-refractivity contribution is 1.10. The number of benzene rings is 4. The van der Waals surface area contributed by atoms with Crippen molar-refractivity contribution in [2.24, 2.45) is 0 Å². The third-order valence-electron chi connectivity index (χ3n) is 6.94. The van der Waals surface area contributed by atoms with Crippen LogP contribution < -0.4 is 0 Å². The zero-order valence-corrected chi connectivity index (χ0v) is 18.2. The summed E-state index contributed by atoms with van der Waals surface area (Å²) in [4.78, 5) is 9.67. The third kappa shape index (κ3) is 2.22. The van der Waals surface area contributed by atoms with E-state index in [1.165, 1.54) is 38.1 Å². The van der Waals surface area contributed by atoms with Crippen LogP contribution in [0.15, 0.2) is 109 Å². The Bertz CT molecular complexity index is 2010. The molecule has 0 aliphatic carbocycles. The average molecular weight is 435 g/mol. The van der Waals surface area contributed by atoms with Gasteiger partial charge < -0.3 is 4.40 Å². The highest BCUT2D eigenvalue weighted by Gasteiger charge is 2.19. The molecule has 0 saturated carbocycles. The van der Waals surface area contributed by atoms with Crippen molar-refractivity contribution >= 4 is 49.1 Å². The Labute approximate surface area is 194 Å². The minimum Gasteiger partial charge on any atom is -0.308 e. The van der Waals surface area contributed by atoms with Gasteiger partial charge in [-0.15, -0.1) is 0 Å². The molecule has 8 aromatic rings. The molecule has 8 rings (SSSR count). The summed E-state index contributed by atoms with van der Waals surface area (Å²) in [6.45, 7) is 0. The van der Waals surface area contributed by atoms with Crippen LogP contribution in [0.4, 0.5) is 0 Å². The van der Waals surface area contributed by atoms with Crippen molar-refractivity contribution < 1.29 is 0 Å². The molecular formula is C30H18N4. The van der Waals surface area contributed by atoms with Gasteiger partial charge in [0.2, 0.25) is 0 Å². The van der Waals surface area contributed by atoms with Crippen molar-refractivity contribution in [1.82, 2.24) is 18.9 Å². The van der Waals surface area contributed by atoms with Crippen LogP contribution in [0.5, 0.6) is 0 Å². The van der Waals surface area contributed by atoms with E-state index in [0.717, 1.165) is 28.1 Å². The average Bonchev–Trinajstić information content (AvgIpc) is 3.56. The molecule has 0 N–H and O–H groups in total. The second-order valence-electron chi connectivity index (χ2n) is 8.76. The number of aromatic nitrogens is 4. The summed E-state index contributed by atoms with van der Waals surface area (Å²) in [5, 5.41) is 4.81. The first-order chi connectivity index (χ1) is 16.9. The number of hydrogen-bond donors (Lipinski definition) is 0. The molecule has 34 heavy (non-hydrogen) atoms. The fourth-order valence-electron chi connectivity index (χ4n) is 5.50. The lowest BCUT2D eigenvalue weighted by Gasteiger charge is -2.10. The molecule has 158 valence electrons. The Morgan fingerprint density at radius 2 is 1.26 bits per heavy atom. The van der Waals surface area contributed by atoms with E-state index in [2.05, 4.69) is 98.9 Å². The van der Waals surface area contributed by atoms with Gasteiger partial charge in [-0.05, 0) is 48.5 Å². The van der Waals surface area contributed by atoms with E-state index < -0.39 is 0 Å². The van der Waals surface area contributed by atoms with E-state index in [4.69, 9.17) is 4.98 Å². The molecule has 0 atom stereocenters. The molecule has 4 aromatic carbocycles. The van der Waals surface area contributed by atoms with Crippen LogP contribution in [0.25, 0.3) is 66.2 Å². The minimum atomic E-state index is 0.941. The predicted octanol–water partition coefficient (Wildman–Crippen LogP) is 7.24. The quantitative estimate of drug-likeness (QED) is 0.287. The van der Waals surface area contributed by atoms with Gasteiger partial charge in [-0.25, -0.2) is 4.98 Å². The minimum absolute atomic E-state index is 0.941. The first-order valence-electron chi connectivity index (χ1n) is 11.4. The number of para-hydroxylation sites is 4. The molecular weight excluding hydrogens is 416 g/mol. The monoisotopic (exact) mass is 434 g/mol. The van der Waals surface area contributed by atoms with Gasteiger partial charge in [0.05, 0.1) is 27.6 Å². The number of rotatable bonds is 2. The Hall–Kier alpha value is -4.70. The molecule has 4 heterocycles. The normalized spacial score (nSPS) is 12.1. The van der Waals surface area contributed by atoms with Gasteiger partial charge >= 0.3 is 0 Å². The van der Waals surface area contributed by atoms with E-state index in [-0.39, 0.29) is 0 Å². The molecule has 0 radical (unpaired) electrons. The van der Waals surface area contributed by atoms with Gasteiger partial charge in [0.1, 0.15) is 5.82 Å². The van der Waals surface area contributed by atoms with Crippen molar-refractivity contribution in [3.63, 3.8) is 0 Å². The molecule has 4 heteroatoms. The summed E-state index contributed by atoms with van der Waals surface area (Å²) in [5.41, 5.74) is 7.93. The summed E-state index contributed by atoms with van der Waals surface area (Å²) < 4.78 is 4.63. The maximum Gasteiger partial charge on any atom is 0.145 e. The first kappa shape index (κ1) is 17.8. The summed E-state index contributed by atoms with van der Waals surface area (Å²) in [5.74, 6) is 0.941. The molecule has 4 nitrogen and oxygen atoms in total. The Balaban J connectivity index is 1.48. The van der Waals surface area contributed by atoms with Gasteiger partial charge in [-0.1, -0.05) is 48.5 Å². The smallest absolute Gasteiger partial charge is 0.145 e. The number of fused-ring (bicyclic) bond motifs is 7. The summed E-state index contributed by atoms with van der Waals surface area (Å²) in [6.07, 6.45) is 3.98. The number of imidazole rings is 1. The maximum atomic E-state index is 5.06. The molecule has 0 saturated heterocycles. The lowest BCUT2D eigenvalue weighted by atomic mass is 10.1. The van der Waals surface area contributed by atoms with Crippen LogP contribution >= 0.6 is 0 Å². The fraction of sp³-hybridized carbons (Fsp3) is 0. The summed E-state index contributed by atoms with van der Waals surface area (Å²) in [7, 11) is 0. The molecule has 0 aliphatic heterocycles. The van der Waals surface area contributed by atoms with Gasteiger partial charge in [0, 0.05) is 45.2 Å². The molecule has 4 aromatic heterocycles. The van der Waals surface area contributed by atoms with Crippen LogP contribution in [0, 0.1) is 0 Å². The van der Waals surface area contributed by atoms with Crippen LogP contribution in [-0.4, -0.2) is 18.9 Å². The standard InChI is InChI=1S/C30H18N4/c1-2-8-20(9-3-1)33-28-13-7-5-11-25(28)32-30(33)19-14-15-27-22(16-19)24-18-31-17-23-21-10-4-6-12-26(21)34(27)29(23)24/h1-18H. The van der Waals surface area contributed by atoms with Crippen molar-refractivity contribution in [3.05, 3.63) is 109 Å². The van der Waals surface area contributed by atoms with Crippen molar-refractivity contribution in [3.8, 4) is 17.1 Å². The predicted molar refractivity (Wildman–Crippen MR) is 139 cm³/mol. The molecule has 0 amide bonds. The van der Waals surface area contributed by atoms with Crippen LogP contribution in [0.2, 0.25) is 0 Å². The number of nitrogens with zero attached hydrogens (tertiary/aromatic N) is 4. The Morgan fingerprint density at radius 1 is 0.559 bits per heavy atom. The van der Waals surface area contributed by atoms with Crippen molar-refractivity contribution in [1.29, 1.82) is 0 Å². The van der Waals surface area contributed by atoms with E-state index in [9.17, 15) is 0 Å². The highest BCUT2D eigenvalue weighted by atomic mass is 15.1. The SMILES string of the molecule is c1ccc(-n2c(-c3ccc4c(c3)c3cncc5c6ccccc6n4c53)nc3ccccc32)cc1. The topological polar surface area (TPSA) is 35.1 Å². The van der Waals surface area contributed by atoms with Gasteiger partial charge in [-0.3, -0.25) is 9.55 Å². The second kappa shape index (κ2) is 6.42. The highest BCUT2D eigenvalue weighted by Crippen LogP contribution is 2.40. The van der Waals surface area contributed by atoms with Gasteiger partial charge in [-0.2, -0.15) is 0 Å². The molecule has 0 unspecified atom stereocenters. The Kier molecular flexibility index (Phi) is 3.36. The van der Waals surface area contributed by atoms with Crippen LogP contribution in [0.1, 0.15) is 0 Å².